The third kappa shape index (κ3) is 9.10. The molecule has 0 aromatic heterocycles. The Hall–Kier alpha value is -2.47. The molecule has 0 aliphatic carbocycles. The fraction of sp³-hybridized carbons (Fsp3) is 0.333. The molecule has 0 fully saturated rings. The largest absolute Gasteiger partial charge is 0.354 e. The van der Waals surface area contributed by atoms with Crippen molar-refractivity contribution in [2.75, 3.05) is 12.3 Å². The lowest BCUT2D eigenvalue weighted by atomic mass is 10.0. The van der Waals surface area contributed by atoms with Crippen molar-refractivity contribution in [3.05, 3.63) is 105 Å². The predicted molar refractivity (Wildman–Crippen MR) is 156 cm³/mol. The number of benzene rings is 3. The van der Waals surface area contributed by atoms with Gasteiger partial charge in [-0.25, -0.2) is 0 Å². The summed E-state index contributed by atoms with van der Waals surface area (Å²) in [6.07, 6.45) is 0.434. The molecule has 0 radical (unpaired) electrons. The van der Waals surface area contributed by atoms with E-state index in [0.717, 1.165) is 22.3 Å². The number of thioether (sulfide) groups is 1. The van der Waals surface area contributed by atoms with Crippen LogP contribution in [-0.4, -0.2) is 35.1 Å². The van der Waals surface area contributed by atoms with Crippen LogP contribution in [0.5, 0.6) is 0 Å². The van der Waals surface area contributed by atoms with Crippen molar-refractivity contribution < 1.29 is 9.59 Å². The summed E-state index contributed by atoms with van der Waals surface area (Å²) in [6, 6.07) is 22.7. The monoisotopic (exact) mass is 556 g/mol. The first-order valence-electron chi connectivity index (χ1n) is 12.4. The maximum absolute atomic E-state index is 13.7. The number of nitrogens with one attached hydrogen (secondary N) is 1. The zero-order valence-corrected chi connectivity index (χ0v) is 23.9. The van der Waals surface area contributed by atoms with Crippen molar-refractivity contribution in [1.82, 2.24) is 10.2 Å². The maximum Gasteiger partial charge on any atom is 0.243 e. The molecule has 3 aromatic carbocycles. The number of hydrogen-bond donors (Lipinski definition) is 1. The Labute approximate surface area is 234 Å². The zero-order chi connectivity index (χ0) is 26.8. The number of aryl methyl sites for hydroxylation is 1. The average molecular weight is 558 g/mol. The van der Waals surface area contributed by atoms with E-state index in [2.05, 4.69) is 19.2 Å². The van der Waals surface area contributed by atoms with Gasteiger partial charge in [-0.2, -0.15) is 0 Å². The molecule has 0 unspecified atom stereocenters. The Bertz CT molecular complexity index is 1150. The summed E-state index contributed by atoms with van der Waals surface area (Å²) in [7, 11) is 0. The second-order valence-electron chi connectivity index (χ2n) is 9.54. The topological polar surface area (TPSA) is 49.4 Å². The summed E-state index contributed by atoms with van der Waals surface area (Å²) < 4.78 is 0. The fourth-order valence-corrected chi connectivity index (χ4v) is 5.51. The molecule has 196 valence electrons. The molecule has 1 atom stereocenters. The van der Waals surface area contributed by atoms with Gasteiger partial charge < -0.3 is 10.2 Å². The van der Waals surface area contributed by atoms with Crippen molar-refractivity contribution >= 4 is 46.8 Å². The summed E-state index contributed by atoms with van der Waals surface area (Å²) in [5.74, 6) is 0.770. The summed E-state index contributed by atoms with van der Waals surface area (Å²) in [6.45, 7) is 7.03. The lowest BCUT2D eigenvalue weighted by Crippen LogP contribution is -2.51. The average Bonchev–Trinajstić information content (AvgIpc) is 2.88. The molecule has 0 saturated carbocycles. The van der Waals surface area contributed by atoms with Crippen molar-refractivity contribution in [1.29, 1.82) is 0 Å². The van der Waals surface area contributed by atoms with Crippen molar-refractivity contribution in [3.63, 3.8) is 0 Å². The van der Waals surface area contributed by atoms with Crippen LogP contribution in [0.4, 0.5) is 0 Å². The third-order valence-corrected chi connectivity index (χ3v) is 7.61. The Morgan fingerprint density at radius 3 is 2.16 bits per heavy atom. The van der Waals surface area contributed by atoms with Crippen LogP contribution in [0.3, 0.4) is 0 Å². The van der Waals surface area contributed by atoms with E-state index in [0.29, 0.717) is 41.2 Å². The molecule has 0 heterocycles. The van der Waals surface area contributed by atoms with E-state index in [1.54, 1.807) is 23.1 Å². The van der Waals surface area contributed by atoms with Gasteiger partial charge in [-0.15, -0.1) is 11.8 Å². The van der Waals surface area contributed by atoms with E-state index in [1.807, 2.05) is 61.5 Å². The SMILES string of the molecule is Cc1ccc(CN(C(=O)CSCc2c(Cl)cccc2Cl)[C@H](Cc2ccccc2)C(=O)NCC(C)C)cc1. The van der Waals surface area contributed by atoms with E-state index in [-0.39, 0.29) is 17.6 Å². The molecule has 0 aliphatic rings. The molecule has 37 heavy (non-hydrogen) atoms. The van der Waals surface area contributed by atoms with Crippen LogP contribution >= 0.6 is 35.0 Å². The first-order chi connectivity index (χ1) is 17.7. The number of halogens is 2. The molecule has 0 bridgehead atoms. The molecule has 3 aromatic rings. The quantitative estimate of drug-likeness (QED) is 0.262. The summed E-state index contributed by atoms with van der Waals surface area (Å²) >= 11 is 14.1. The molecule has 3 rings (SSSR count). The number of amides is 2. The minimum atomic E-state index is -0.639. The Balaban J connectivity index is 1.85. The smallest absolute Gasteiger partial charge is 0.243 e. The van der Waals surface area contributed by atoms with Gasteiger partial charge in [-0.3, -0.25) is 9.59 Å². The molecular weight excluding hydrogens is 523 g/mol. The van der Waals surface area contributed by atoms with Crippen molar-refractivity contribution in [3.8, 4) is 0 Å². The van der Waals surface area contributed by atoms with Crippen LogP contribution in [0.25, 0.3) is 0 Å². The Kier molecular flexibility index (Phi) is 11.4. The van der Waals surface area contributed by atoms with Crippen LogP contribution in [0.1, 0.15) is 36.1 Å². The zero-order valence-electron chi connectivity index (χ0n) is 21.5. The van der Waals surface area contributed by atoms with E-state index < -0.39 is 6.04 Å². The first-order valence-corrected chi connectivity index (χ1v) is 14.3. The second kappa shape index (κ2) is 14.5. The molecular formula is C30H34Cl2N2O2S. The highest BCUT2D eigenvalue weighted by Gasteiger charge is 2.30. The van der Waals surface area contributed by atoms with Gasteiger partial charge in [0.25, 0.3) is 0 Å². The van der Waals surface area contributed by atoms with Gasteiger partial charge in [0.1, 0.15) is 6.04 Å². The fourth-order valence-electron chi connectivity index (χ4n) is 3.86. The molecule has 2 amide bonds. The van der Waals surface area contributed by atoms with Crippen LogP contribution in [0.15, 0.2) is 72.8 Å². The van der Waals surface area contributed by atoms with Crippen LogP contribution < -0.4 is 5.32 Å². The Morgan fingerprint density at radius 1 is 0.892 bits per heavy atom. The minimum Gasteiger partial charge on any atom is -0.354 e. The second-order valence-corrected chi connectivity index (χ2v) is 11.3. The number of hydrogen-bond acceptors (Lipinski definition) is 3. The van der Waals surface area contributed by atoms with Crippen molar-refractivity contribution in [2.45, 2.75) is 45.5 Å². The molecule has 0 aliphatic heterocycles. The van der Waals surface area contributed by atoms with E-state index in [1.165, 1.54) is 11.8 Å². The summed E-state index contributed by atoms with van der Waals surface area (Å²) in [5, 5.41) is 4.22. The van der Waals surface area contributed by atoms with E-state index in [9.17, 15) is 9.59 Å². The molecule has 1 N–H and O–H groups in total. The molecule has 0 saturated heterocycles. The summed E-state index contributed by atoms with van der Waals surface area (Å²) in [4.78, 5) is 28.9. The van der Waals surface area contributed by atoms with Crippen LogP contribution in [0.2, 0.25) is 10.0 Å². The number of carbonyl (C=O) groups excluding carboxylic acids is 2. The van der Waals surface area contributed by atoms with Gasteiger partial charge in [0.2, 0.25) is 11.8 Å². The van der Waals surface area contributed by atoms with E-state index in [4.69, 9.17) is 23.2 Å². The number of carbonyl (C=O) groups is 2. The van der Waals surface area contributed by atoms with Gasteiger partial charge in [0.15, 0.2) is 0 Å². The third-order valence-electron chi connectivity index (χ3n) is 5.96. The van der Waals surface area contributed by atoms with Crippen LogP contribution in [0, 0.1) is 12.8 Å². The Morgan fingerprint density at radius 2 is 1.54 bits per heavy atom. The maximum atomic E-state index is 13.7. The van der Waals surface area contributed by atoms with Gasteiger partial charge in [-0.1, -0.05) is 103 Å². The normalized spacial score (nSPS) is 11.8. The molecule has 4 nitrogen and oxygen atoms in total. The predicted octanol–water partition coefficient (Wildman–Crippen LogP) is 6.95. The molecule has 7 heteroatoms. The van der Waals surface area contributed by atoms with Crippen molar-refractivity contribution in [2.24, 2.45) is 5.92 Å². The highest BCUT2D eigenvalue weighted by molar-refractivity contribution is 7.99. The highest BCUT2D eigenvalue weighted by Crippen LogP contribution is 2.28. The van der Waals surface area contributed by atoms with Gasteiger partial charge in [-0.05, 0) is 41.7 Å². The lowest BCUT2D eigenvalue weighted by Gasteiger charge is -2.32. The molecule has 0 spiro atoms. The first kappa shape index (κ1) is 29.1. The van der Waals surface area contributed by atoms with Gasteiger partial charge in [0.05, 0.1) is 5.75 Å². The lowest BCUT2D eigenvalue weighted by molar-refractivity contribution is -0.139. The summed E-state index contributed by atoms with van der Waals surface area (Å²) in [5.41, 5.74) is 3.94. The van der Waals surface area contributed by atoms with Gasteiger partial charge in [0, 0.05) is 35.3 Å². The van der Waals surface area contributed by atoms with Crippen LogP contribution in [-0.2, 0) is 28.3 Å². The number of nitrogens with zero attached hydrogens (tertiary/aromatic N) is 1. The highest BCUT2D eigenvalue weighted by atomic mass is 35.5. The van der Waals surface area contributed by atoms with Gasteiger partial charge >= 0.3 is 0 Å². The standard InChI is InChI=1S/C30H34Cl2N2O2S/c1-21(2)17-33-30(36)28(16-23-8-5-4-6-9-23)34(18-24-14-12-22(3)13-15-24)29(35)20-37-19-25-26(31)10-7-11-27(25)32/h4-15,21,28H,16-20H2,1-3H3,(H,33,36)/t28-/m1/s1. The minimum absolute atomic E-state index is 0.102. The van der Waals surface area contributed by atoms with E-state index >= 15 is 0 Å². The number of rotatable bonds is 12.